The number of anilines is 1. The molecule has 1 aromatic heterocycles. The van der Waals surface area contributed by atoms with E-state index in [1.54, 1.807) is 13.3 Å². The predicted octanol–water partition coefficient (Wildman–Crippen LogP) is 2.83. The number of ether oxygens (including phenoxy) is 1. The van der Waals surface area contributed by atoms with Gasteiger partial charge < -0.3 is 10.1 Å². The first-order valence-corrected chi connectivity index (χ1v) is 5.64. The lowest BCUT2D eigenvalue weighted by molar-refractivity contribution is 0.412. The van der Waals surface area contributed by atoms with Gasteiger partial charge in [0.25, 0.3) is 0 Å². The van der Waals surface area contributed by atoms with E-state index in [0.29, 0.717) is 6.04 Å². The minimum atomic E-state index is 0.618. The second-order valence-electron chi connectivity index (χ2n) is 4.09. The lowest BCUT2D eigenvalue weighted by atomic mass is 9.95. The summed E-state index contributed by atoms with van der Waals surface area (Å²) in [5, 5.41) is 3.51. The van der Waals surface area contributed by atoms with Crippen molar-refractivity contribution in [2.24, 2.45) is 0 Å². The molecule has 0 unspecified atom stereocenters. The van der Waals surface area contributed by atoms with E-state index in [1.165, 1.54) is 32.1 Å². The van der Waals surface area contributed by atoms with Gasteiger partial charge in [-0.15, -0.1) is 0 Å². The minimum Gasteiger partial charge on any atom is -0.495 e. The normalized spacial score (nSPS) is 17.4. The molecule has 3 nitrogen and oxygen atoms in total. The van der Waals surface area contributed by atoms with Gasteiger partial charge in [0, 0.05) is 12.1 Å². The summed E-state index contributed by atoms with van der Waals surface area (Å²) < 4.78 is 5.14. The molecule has 82 valence electrons. The van der Waals surface area contributed by atoms with Gasteiger partial charge in [-0.3, -0.25) is 4.98 Å². The van der Waals surface area contributed by atoms with Crippen molar-refractivity contribution in [2.45, 2.75) is 38.1 Å². The molecule has 0 atom stereocenters. The maximum Gasteiger partial charge on any atom is 0.139 e. The van der Waals surface area contributed by atoms with Gasteiger partial charge in [0.05, 0.1) is 25.2 Å². The van der Waals surface area contributed by atoms with Gasteiger partial charge in [-0.25, -0.2) is 0 Å². The smallest absolute Gasteiger partial charge is 0.139 e. The molecule has 2 rings (SSSR count). The SMILES string of the molecule is COc1cncc(NC2CCCCC2)c1. The molecule has 1 heterocycles. The van der Waals surface area contributed by atoms with Crippen LogP contribution < -0.4 is 10.1 Å². The summed E-state index contributed by atoms with van der Waals surface area (Å²) in [5.41, 5.74) is 1.07. The van der Waals surface area contributed by atoms with Crippen LogP contribution in [0.2, 0.25) is 0 Å². The van der Waals surface area contributed by atoms with Crippen LogP contribution in [0, 0.1) is 0 Å². The van der Waals surface area contributed by atoms with Gasteiger partial charge in [-0.2, -0.15) is 0 Å². The zero-order valence-electron chi connectivity index (χ0n) is 9.20. The van der Waals surface area contributed by atoms with Crippen LogP contribution in [0.15, 0.2) is 18.5 Å². The fraction of sp³-hybridized carbons (Fsp3) is 0.583. The Balaban J connectivity index is 1.96. The molecule has 1 aliphatic carbocycles. The molecular formula is C12H18N2O. The minimum absolute atomic E-state index is 0.618. The van der Waals surface area contributed by atoms with Gasteiger partial charge in [0.15, 0.2) is 0 Å². The summed E-state index contributed by atoms with van der Waals surface area (Å²) in [4.78, 5) is 4.13. The fourth-order valence-electron chi connectivity index (χ4n) is 2.09. The van der Waals surface area contributed by atoms with E-state index in [1.807, 2.05) is 12.3 Å². The van der Waals surface area contributed by atoms with E-state index < -0.39 is 0 Å². The first kappa shape index (κ1) is 10.3. The van der Waals surface area contributed by atoms with E-state index in [4.69, 9.17) is 4.74 Å². The number of methoxy groups -OCH3 is 1. The van der Waals surface area contributed by atoms with Crippen molar-refractivity contribution in [3.63, 3.8) is 0 Å². The number of nitrogens with one attached hydrogen (secondary N) is 1. The lowest BCUT2D eigenvalue weighted by Gasteiger charge is -2.23. The molecule has 0 bridgehead atoms. The van der Waals surface area contributed by atoms with Crippen molar-refractivity contribution < 1.29 is 4.74 Å². The fourth-order valence-corrected chi connectivity index (χ4v) is 2.09. The molecule has 15 heavy (non-hydrogen) atoms. The van der Waals surface area contributed by atoms with Crippen LogP contribution in [0.4, 0.5) is 5.69 Å². The highest BCUT2D eigenvalue weighted by molar-refractivity contribution is 5.45. The summed E-state index contributed by atoms with van der Waals surface area (Å²) in [6, 6.07) is 2.62. The Hall–Kier alpha value is -1.25. The third-order valence-corrected chi connectivity index (χ3v) is 2.92. The van der Waals surface area contributed by atoms with Crippen LogP contribution in [-0.4, -0.2) is 18.1 Å². The Bertz CT molecular complexity index is 308. The summed E-state index contributed by atoms with van der Waals surface area (Å²) in [5.74, 6) is 0.816. The van der Waals surface area contributed by atoms with E-state index in [-0.39, 0.29) is 0 Å². The number of hydrogen-bond acceptors (Lipinski definition) is 3. The molecule has 0 amide bonds. The van der Waals surface area contributed by atoms with Crippen LogP contribution in [0.25, 0.3) is 0 Å². The molecule has 1 saturated carbocycles. The second-order valence-corrected chi connectivity index (χ2v) is 4.09. The van der Waals surface area contributed by atoms with Gasteiger partial charge in [-0.05, 0) is 12.8 Å². The van der Waals surface area contributed by atoms with E-state index in [2.05, 4.69) is 10.3 Å². The zero-order valence-corrected chi connectivity index (χ0v) is 9.20. The van der Waals surface area contributed by atoms with Crippen molar-refractivity contribution in [1.29, 1.82) is 0 Å². The Morgan fingerprint density at radius 2 is 2.07 bits per heavy atom. The standard InChI is InChI=1S/C12H18N2O/c1-15-12-7-11(8-13-9-12)14-10-5-3-2-4-6-10/h7-10,14H,2-6H2,1H3. The molecule has 1 N–H and O–H groups in total. The second kappa shape index (κ2) is 5.01. The molecule has 1 fully saturated rings. The average Bonchev–Trinajstić information content (AvgIpc) is 2.31. The van der Waals surface area contributed by atoms with Crippen molar-refractivity contribution in [1.82, 2.24) is 4.98 Å². The Labute approximate surface area is 90.9 Å². The molecule has 0 aliphatic heterocycles. The molecule has 1 aromatic rings. The molecular weight excluding hydrogens is 188 g/mol. The maximum atomic E-state index is 5.14. The van der Waals surface area contributed by atoms with E-state index in [0.717, 1.165) is 11.4 Å². The summed E-state index contributed by atoms with van der Waals surface area (Å²) in [7, 11) is 1.67. The first-order chi connectivity index (χ1) is 7.38. The van der Waals surface area contributed by atoms with Crippen molar-refractivity contribution in [2.75, 3.05) is 12.4 Å². The predicted molar refractivity (Wildman–Crippen MR) is 61.3 cm³/mol. The number of nitrogens with zero attached hydrogens (tertiary/aromatic N) is 1. The summed E-state index contributed by atoms with van der Waals surface area (Å²) in [6.07, 6.45) is 10.2. The van der Waals surface area contributed by atoms with Crippen LogP contribution >= 0.6 is 0 Å². The highest BCUT2D eigenvalue weighted by Crippen LogP contribution is 2.22. The highest BCUT2D eigenvalue weighted by atomic mass is 16.5. The molecule has 0 spiro atoms. The van der Waals surface area contributed by atoms with E-state index >= 15 is 0 Å². The number of hydrogen-bond donors (Lipinski definition) is 1. The van der Waals surface area contributed by atoms with Gasteiger partial charge >= 0.3 is 0 Å². The Morgan fingerprint density at radius 1 is 1.27 bits per heavy atom. The number of pyridine rings is 1. The van der Waals surface area contributed by atoms with Crippen molar-refractivity contribution in [3.8, 4) is 5.75 Å². The van der Waals surface area contributed by atoms with Crippen LogP contribution in [0.3, 0.4) is 0 Å². The van der Waals surface area contributed by atoms with Crippen LogP contribution in [-0.2, 0) is 0 Å². The van der Waals surface area contributed by atoms with Gasteiger partial charge in [-0.1, -0.05) is 19.3 Å². The average molecular weight is 206 g/mol. The van der Waals surface area contributed by atoms with E-state index in [9.17, 15) is 0 Å². The quantitative estimate of drug-likeness (QED) is 0.825. The molecule has 0 aromatic carbocycles. The number of aromatic nitrogens is 1. The van der Waals surface area contributed by atoms with Gasteiger partial charge in [0.1, 0.15) is 5.75 Å². The van der Waals surface area contributed by atoms with Crippen LogP contribution in [0.1, 0.15) is 32.1 Å². The molecule has 3 heteroatoms. The van der Waals surface area contributed by atoms with Crippen molar-refractivity contribution in [3.05, 3.63) is 18.5 Å². The number of rotatable bonds is 3. The Morgan fingerprint density at radius 3 is 2.80 bits per heavy atom. The third kappa shape index (κ3) is 2.85. The molecule has 0 radical (unpaired) electrons. The Kier molecular flexibility index (Phi) is 3.43. The third-order valence-electron chi connectivity index (χ3n) is 2.92. The summed E-state index contributed by atoms with van der Waals surface area (Å²) >= 11 is 0. The van der Waals surface area contributed by atoms with Crippen LogP contribution in [0.5, 0.6) is 5.75 Å². The maximum absolute atomic E-state index is 5.14. The molecule has 1 aliphatic rings. The highest BCUT2D eigenvalue weighted by Gasteiger charge is 2.12. The topological polar surface area (TPSA) is 34.1 Å². The summed E-state index contributed by atoms with van der Waals surface area (Å²) in [6.45, 7) is 0. The largest absolute Gasteiger partial charge is 0.495 e. The lowest BCUT2D eigenvalue weighted by Crippen LogP contribution is -2.22. The van der Waals surface area contributed by atoms with Gasteiger partial charge in [0.2, 0.25) is 0 Å². The molecule has 0 saturated heterocycles. The first-order valence-electron chi connectivity index (χ1n) is 5.64. The monoisotopic (exact) mass is 206 g/mol. The van der Waals surface area contributed by atoms with Crippen molar-refractivity contribution >= 4 is 5.69 Å². The zero-order chi connectivity index (χ0) is 10.5.